The number of hydrogen-bond acceptors (Lipinski definition) is 2. The smallest absolute Gasteiger partial charge is 0.157 e. The topological polar surface area (TPSA) is 27.1 Å². The zero-order valence-corrected chi connectivity index (χ0v) is 13.5. The second-order valence-corrected chi connectivity index (χ2v) is 6.34. The first-order chi connectivity index (χ1) is 9.28. The molecular formula is C15H25BrN2O. The average Bonchev–Trinajstić information content (AvgIpc) is 2.74. The van der Waals surface area contributed by atoms with Gasteiger partial charge in [-0.15, -0.1) is 0 Å². The van der Waals surface area contributed by atoms with Crippen molar-refractivity contribution in [3.05, 3.63) is 12.4 Å². The van der Waals surface area contributed by atoms with Crippen LogP contribution in [0.2, 0.25) is 0 Å². The number of alkyl halides is 1. The van der Waals surface area contributed by atoms with Crippen molar-refractivity contribution in [2.45, 2.75) is 58.4 Å². The number of rotatable bonds is 6. The minimum absolute atomic E-state index is 0.323. The monoisotopic (exact) mass is 328 g/mol. The van der Waals surface area contributed by atoms with Crippen molar-refractivity contribution in [1.82, 2.24) is 9.78 Å². The van der Waals surface area contributed by atoms with E-state index >= 15 is 0 Å². The van der Waals surface area contributed by atoms with Crippen LogP contribution in [0.25, 0.3) is 0 Å². The molecule has 1 saturated carbocycles. The van der Waals surface area contributed by atoms with Crippen LogP contribution in [-0.4, -0.2) is 21.7 Å². The van der Waals surface area contributed by atoms with E-state index in [-0.39, 0.29) is 0 Å². The van der Waals surface area contributed by atoms with Crippen molar-refractivity contribution in [1.29, 1.82) is 0 Å². The van der Waals surface area contributed by atoms with Crippen LogP contribution in [0.3, 0.4) is 0 Å². The van der Waals surface area contributed by atoms with Crippen LogP contribution in [0.15, 0.2) is 12.4 Å². The molecule has 1 aliphatic rings. The molecule has 0 amide bonds. The molecule has 3 nitrogen and oxygen atoms in total. The fourth-order valence-corrected chi connectivity index (χ4v) is 3.52. The van der Waals surface area contributed by atoms with Crippen LogP contribution in [-0.2, 0) is 6.54 Å². The molecule has 0 aliphatic heterocycles. The molecule has 0 bridgehead atoms. The first kappa shape index (κ1) is 14.9. The molecule has 2 rings (SSSR count). The van der Waals surface area contributed by atoms with Crippen molar-refractivity contribution < 1.29 is 4.74 Å². The van der Waals surface area contributed by atoms with Gasteiger partial charge in [-0.05, 0) is 19.3 Å². The van der Waals surface area contributed by atoms with Gasteiger partial charge in [0.2, 0.25) is 0 Å². The lowest BCUT2D eigenvalue weighted by Gasteiger charge is -2.30. The van der Waals surface area contributed by atoms with Gasteiger partial charge in [0.15, 0.2) is 5.75 Å². The summed E-state index contributed by atoms with van der Waals surface area (Å²) >= 11 is 3.71. The molecule has 0 unspecified atom stereocenters. The van der Waals surface area contributed by atoms with Gasteiger partial charge in [0, 0.05) is 17.3 Å². The molecule has 19 heavy (non-hydrogen) atoms. The van der Waals surface area contributed by atoms with E-state index in [1.165, 1.54) is 38.5 Å². The van der Waals surface area contributed by atoms with E-state index in [4.69, 9.17) is 4.74 Å². The molecule has 108 valence electrons. The number of nitrogens with zero attached hydrogens (tertiary/aromatic N) is 2. The summed E-state index contributed by atoms with van der Waals surface area (Å²) in [5, 5.41) is 5.36. The van der Waals surface area contributed by atoms with Gasteiger partial charge in [0.1, 0.15) is 0 Å². The SMILES string of the molecule is CCCn1cc(OCC2(CBr)CCCCCC2)cn1. The molecule has 0 atom stereocenters. The Morgan fingerprint density at radius 1 is 1.32 bits per heavy atom. The van der Waals surface area contributed by atoms with E-state index in [1.54, 1.807) is 0 Å². The van der Waals surface area contributed by atoms with Crippen molar-refractivity contribution in [2.24, 2.45) is 5.41 Å². The molecule has 1 heterocycles. The van der Waals surface area contributed by atoms with Crippen LogP contribution in [0.1, 0.15) is 51.9 Å². The highest BCUT2D eigenvalue weighted by Gasteiger charge is 2.30. The largest absolute Gasteiger partial charge is 0.490 e. The summed E-state index contributed by atoms with van der Waals surface area (Å²) < 4.78 is 7.97. The predicted octanol–water partition coefficient (Wildman–Crippen LogP) is 4.41. The van der Waals surface area contributed by atoms with Crippen molar-refractivity contribution in [3.8, 4) is 5.75 Å². The Kier molecular flexibility index (Phi) is 5.74. The second kappa shape index (κ2) is 7.32. The maximum atomic E-state index is 6.01. The Balaban J connectivity index is 1.90. The third-order valence-corrected chi connectivity index (χ3v) is 5.24. The molecular weight excluding hydrogens is 304 g/mol. The summed E-state index contributed by atoms with van der Waals surface area (Å²) in [4.78, 5) is 0. The van der Waals surface area contributed by atoms with Gasteiger partial charge >= 0.3 is 0 Å². The minimum atomic E-state index is 0.323. The Hall–Kier alpha value is -0.510. The Bertz CT molecular complexity index is 370. The van der Waals surface area contributed by atoms with Crippen molar-refractivity contribution in [3.63, 3.8) is 0 Å². The highest BCUT2D eigenvalue weighted by atomic mass is 79.9. The average molecular weight is 329 g/mol. The predicted molar refractivity (Wildman–Crippen MR) is 81.9 cm³/mol. The highest BCUT2D eigenvalue weighted by Crippen LogP contribution is 2.37. The lowest BCUT2D eigenvalue weighted by molar-refractivity contribution is 0.149. The van der Waals surface area contributed by atoms with Gasteiger partial charge in [0.25, 0.3) is 0 Å². The van der Waals surface area contributed by atoms with Crippen molar-refractivity contribution in [2.75, 3.05) is 11.9 Å². The van der Waals surface area contributed by atoms with E-state index in [9.17, 15) is 0 Å². The summed E-state index contributed by atoms with van der Waals surface area (Å²) in [5.41, 5.74) is 0.323. The summed E-state index contributed by atoms with van der Waals surface area (Å²) in [7, 11) is 0. The quantitative estimate of drug-likeness (QED) is 0.571. The van der Waals surface area contributed by atoms with Crippen molar-refractivity contribution >= 4 is 15.9 Å². The number of hydrogen-bond donors (Lipinski definition) is 0. The molecule has 4 heteroatoms. The van der Waals surface area contributed by atoms with E-state index < -0.39 is 0 Å². The number of ether oxygens (including phenoxy) is 1. The first-order valence-corrected chi connectivity index (χ1v) is 8.61. The van der Waals surface area contributed by atoms with Gasteiger partial charge in [-0.1, -0.05) is 48.5 Å². The Morgan fingerprint density at radius 3 is 2.68 bits per heavy atom. The maximum absolute atomic E-state index is 6.01. The highest BCUT2D eigenvalue weighted by molar-refractivity contribution is 9.09. The Morgan fingerprint density at radius 2 is 2.05 bits per heavy atom. The van der Waals surface area contributed by atoms with E-state index in [1.807, 2.05) is 17.1 Å². The fourth-order valence-electron chi connectivity index (χ4n) is 2.80. The number of aryl methyl sites for hydroxylation is 1. The summed E-state index contributed by atoms with van der Waals surface area (Å²) in [5.74, 6) is 0.915. The second-order valence-electron chi connectivity index (χ2n) is 5.78. The molecule has 1 aromatic rings. The zero-order valence-electron chi connectivity index (χ0n) is 11.9. The molecule has 0 radical (unpaired) electrons. The third kappa shape index (κ3) is 4.23. The van der Waals surface area contributed by atoms with E-state index in [0.717, 1.165) is 30.7 Å². The minimum Gasteiger partial charge on any atom is -0.490 e. The van der Waals surface area contributed by atoms with Gasteiger partial charge in [-0.25, -0.2) is 0 Å². The van der Waals surface area contributed by atoms with Crippen LogP contribution < -0.4 is 4.74 Å². The number of aromatic nitrogens is 2. The Labute approximate surface area is 124 Å². The van der Waals surface area contributed by atoms with Gasteiger partial charge in [-0.3, -0.25) is 4.68 Å². The standard InChI is InChI=1S/C15H25BrN2O/c1-2-9-18-11-14(10-17-18)19-13-15(12-16)7-5-3-4-6-8-15/h10-11H,2-9,12-13H2,1H3. The molecule has 0 N–H and O–H groups in total. The third-order valence-electron chi connectivity index (χ3n) is 4.05. The molecule has 1 fully saturated rings. The summed E-state index contributed by atoms with van der Waals surface area (Å²) in [6.07, 6.45) is 13.0. The normalized spacial score (nSPS) is 19.1. The van der Waals surface area contributed by atoms with Gasteiger partial charge in [-0.2, -0.15) is 5.10 Å². The molecule has 1 aliphatic carbocycles. The summed E-state index contributed by atoms with van der Waals surface area (Å²) in [6.45, 7) is 3.94. The van der Waals surface area contributed by atoms with Crippen LogP contribution in [0, 0.1) is 5.41 Å². The van der Waals surface area contributed by atoms with Gasteiger partial charge < -0.3 is 4.74 Å². The maximum Gasteiger partial charge on any atom is 0.157 e. The zero-order chi connectivity index (χ0) is 13.6. The first-order valence-electron chi connectivity index (χ1n) is 7.49. The fraction of sp³-hybridized carbons (Fsp3) is 0.800. The molecule has 1 aromatic heterocycles. The van der Waals surface area contributed by atoms with Crippen LogP contribution in [0.5, 0.6) is 5.75 Å². The summed E-state index contributed by atoms with van der Waals surface area (Å²) in [6, 6.07) is 0. The van der Waals surface area contributed by atoms with E-state index in [0.29, 0.717) is 5.41 Å². The number of halogens is 1. The lowest BCUT2D eigenvalue weighted by atomic mass is 9.83. The van der Waals surface area contributed by atoms with E-state index in [2.05, 4.69) is 28.0 Å². The lowest BCUT2D eigenvalue weighted by Crippen LogP contribution is -2.29. The van der Waals surface area contributed by atoms with Crippen LogP contribution in [0.4, 0.5) is 0 Å². The van der Waals surface area contributed by atoms with Crippen LogP contribution >= 0.6 is 15.9 Å². The molecule has 0 saturated heterocycles. The molecule has 0 spiro atoms. The van der Waals surface area contributed by atoms with Gasteiger partial charge in [0.05, 0.1) is 19.0 Å². The molecule has 0 aromatic carbocycles.